The topological polar surface area (TPSA) is 84.5 Å². The second-order valence-corrected chi connectivity index (χ2v) is 4.82. The van der Waals surface area contributed by atoms with Crippen LogP contribution in [-0.4, -0.2) is 31.6 Å². The van der Waals surface area contributed by atoms with E-state index < -0.39 is 11.9 Å². The summed E-state index contributed by atoms with van der Waals surface area (Å²) in [6.07, 6.45) is 3.82. The minimum Gasteiger partial charge on any atom is -0.469 e. The van der Waals surface area contributed by atoms with E-state index in [4.69, 9.17) is 0 Å². The number of carbonyl (C=O) groups excluding carboxylic acids is 3. The molecular weight excluding hydrogens is 284 g/mol. The van der Waals surface area contributed by atoms with E-state index in [9.17, 15) is 14.4 Å². The highest BCUT2D eigenvalue weighted by Gasteiger charge is 2.08. The lowest BCUT2D eigenvalue weighted by atomic mass is 10.1. The molecule has 6 heteroatoms. The minimum atomic E-state index is -0.497. The molecule has 0 saturated heterocycles. The largest absolute Gasteiger partial charge is 0.469 e. The van der Waals surface area contributed by atoms with Crippen LogP contribution < -0.4 is 10.6 Å². The minimum absolute atomic E-state index is 0.197. The molecule has 0 fully saturated rings. The third-order valence-electron chi connectivity index (χ3n) is 3.08. The number of rotatable bonds is 8. The van der Waals surface area contributed by atoms with E-state index in [1.165, 1.54) is 7.11 Å². The average Bonchev–Trinajstić information content (AvgIpc) is 2.54. The summed E-state index contributed by atoms with van der Waals surface area (Å²) in [5.41, 5.74) is 0.445. The first-order chi connectivity index (χ1) is 10.6. The molecule has 0 bridgehead atoms. The van der Waals surface area contributed by atoms with Gasteiger partial charge in [0, 0.05) is 18.5 Å². The summed E-state index contributed by atoms with van der Waals surface area (Å²) in [5.74, 6) is -0.617. The number of hydrogen-bond donors (Lipinski definition) is 2. The second-order valence-electron chi connectivity index (χ2n) is 4.82. The van der Waals surface area contributed by atoms with Crippen LogP contribution in [0.3, 0.4) is 0 Å². The van der Waals surface area contributed by atoms with E-state index in [2.05, 4.69) is 15.4 Å². The Bertz CT molecular complexity index is 488. The summed E-state index contributed by atoms with van der Waals surface area (Å²) < 4.78 is 4.55. The van der Waals surface area contributed by atoms with Crippen molar-refractivity contribution in [3.63, 3.8) is 0 Å². The monoisotopic (exact) mass is 306 g/mol. The molecule has 0 aliphatic rings. The van der Waals surface area contributed by atoms with E-state index in [0.717, 1.165) is 25.7 Å². The lowest BCUT2D eigenvalue weighted by Gasteiger charge is -2.06. The highest BCUT2D eigenvalue weighted by molar-refractivity contribution is 6.04. The molecule has 3 amide bonds. The Morgan fingerprint density at radius 1 is 1.00 bits per heavy atom. The summed E-state index contributed by atoms with van der Waals surface area (Å²) in [6.45, 7) is 0.492. The highest BCUT2D eigenvalue weighted by atomic mass is 16.5. The van der Waals surface area contributed by atoms with Crippen molar-refractivity contribution < 1.29 is 19.1 Å². The molecule has 1 rings (SSSR count). The van der Waals surface area contributed by atoms with Crippen molar-refractivity contribution in [3.8, 4) is 0 Å². The number of imide groups is 1. The SMILES string of the molecule is COC(=O)CCCCCCNC(=O)NC(=O)c1ccccc1. The molecule has 1 aromatic carbocycles. The zero-order valence-electron chi connectivity index (χ0n) is 12.8. The van der Waals surface area contributed by atoms with Crippen LogP contribution >= 0.6 is 0 Å². The van der Waals surface area contributed by atoms with Gasteiger partial charge in [-0.1, -0.05) is 31.0 Å². The Morgan fingerprint density at radius 2 is 1.68 bits per heavy atom. The second kappa shape index (κ2) is 10.4. The number of esters is 1. The molecule has 120 valence electrons. The molecule has 0 aliphatic carbocycles. The zero-order valence-corrected chi connectivity index (χ0v) is 12.8. The van der Waals surface area contributed by atoms with E-state index in [-0.39, 0.29) is 5.97 Å². The number of benzene rings is 1. The molecular formula is C16H22N2O4. The van der Waals surface area contributed by atoms with E-state index in [0.29, 0.717) is 18.5 Å². The van der Waals surface area contributed by atoms with Gasteiger partial charge in [-0.15, -0.1) is 0 Å². The van der Waals surface area contributed by atoms with Crippen LogP contribution in [0.4, 0.5) is 4.79 Å². The predicted octanol–water partition coefficient (Wildman–Crippen LogP) is 2.25. The first kappa shape index (κ1) is 17.7. The third kappa shape index (κ3) is 7.42. The summed E-state index contributed by atoms with van der Waals surface area (Å²) in [5, 5.41) is 4.90. The molecule has 0 atom stereocenters. The first-order valence-corrected chi connectivity index (χ1v) is 7.34. The van der Waals surface area contributed by atoms with Crippen LogP contribution in [0.15, 0.2) is 30.3 Å². The van der Waals surface area contributed by atoms with Crippen molar-refractivity contribution in [1.29, 1.82) is 0 Å². The molecule has 6 nitrogen and oxygen atoms in total. The van der Waals surface area contributed by atoms with Crippen LogP contribution in [-0.2, 0) is 9.53 Å². The van der Waals surface area contributed by atoms with Gasteiger partial charge in [0.05, 0.1) is 7.11 Å². The van der Waals surface area contributed by atoms with Gasteiger partial charge >= 0.3 is 12.0 Å². The maximum atomic E-state index is 11.7. The van der Waals surface area contributed by atoms with Crippen LogP contribution in [0.25, 0.3) is 0 Å². The van der Waals surface area contributed by atoms with Gasteiger partial charge in [0.1, 0.15) is 0 Å². The quantitative estimate of drug-likeness (QED) is 0.570. The normalized spacial score (nSPS) is 9.86. The Balaban J connectivity index is 2.06. The Hall–Kier alpha value is -2.37. The van der Waals surface area contributed by atoms with Gasteiger partial charge in [-0.3, -0.25) is 14.9 Å². The summed E-state index contributed by atoms with van der Waals surface area (Å²) in [6, 6.07) is 8.07. The summed E-state index contributed by atoms with van der Waals surface area (Å²) >= 11 is 0. The Morgan fingerprint density at radius 3 is 2.36 bits per heavy atom. The molecule has 0 spiro atoms. The molecule has 0 heterocycles. The maximum absolute atomic E-state index is 11.7. The van der Waals surface area contributed by atoms with Crippen molar-refractivity contribution in [3.05, 3.63) is 35.9 Å². The van der Waals surface area contributed by atoms with Gasteiger partial charge in [-0.2, -0.15) is 0 Å². The van der Waals surface area contributed by atoms with Crippen LogP contribution in [0.5, 0.6) is 0 Å². The van der Waals surface area contributed by atoms with Gasteiger partial charge in [0.15, 0.2) is 0 Å². The number of methoxy groups -OCH3 is 1. The number of hydrogen-bond acceptors (Lipinski definition) is 4. The Kier molecular flexibility index (Phi) is 8.33. The van der Waals surface area contributed by atoms with Crippen LogP contribution in [0, 0.1) is 0 Å². The van der Waals surface area contributed by atoms with Gasteiger partial charge < -0.3 is 10.1 Å². The van der Waals surface area contributed by atoms with Crippen LogP contribution in [0.1, 0.15) is 42.5 Å². The zero-order chi connectivity index (χ0) is 16.2. The molecule has 0 saturated carbocycles. The summed E-state index contributed by atoms with van der Waals surface area (Å²) in [4.78, 5) is 34.1. The fraction of sp³-hybridized carbons (Fsp3) is 0.438. The predicted molar refractivity (Wildman–Crippen MR) is 82.4 cm³/mol. The lowest BCUT2D eigenvalue weighted by molar-refractivity contribution is -0.140. The van der Waals surface area contributed by atoms with Crippen LogP contribution in [0.2, 0.25) is 0 Å². The average molecular weight is 306 g/mol. The number of nitrogens with one attached hydrogen (secondary N) is 2. The van der Waals surface area contributed by atoms with Crippen molar-refractivity contribution in [2.24, 2.45) is 0 Å². The van der Waals surface area contributed by atoms with Crippen molar-refractivity contribution in [2.75, 3.05) is 13.7 Å². The molecule has 0 radical (unpaired) electrons. The fourth-order valence-corrected chi connectivity index (χ4v) is 1.86. The molecule has 1 aromatic rings. The Labute approximate surface area is 130 Å². The third-order valence-corrected chi connectivity index (χ3v) is 3.08. The van der Waals surface area contributed by atoms with E-state index in [1.807, 2.05) is 0 Å². The maximum Gasteiger partial charge on any atom is 0.321 e. The number of ether oxygens (including phenoxy) is 1. The highest BCUT2D eigenvalue weighted by Crippen LogP contribution is 2.03. The van der Waals surface area contributed by atoms with Crippen molar-refractivity contribution in [2.45, 2.75) is 32.1 Å². The molecule has 0 aliphatic heterocycles. The van der Waals surface area contributed by atoms with E-state index >= 15 is 0 Å². The van der Waals surface area contributed by atoms with Crippen molar-refractivity contribution >= 4 is 17.9 Å². The number of urea groups is 1. The fourth-order valence-electron chi connectivity index (χ4n) is 1.86. The number of amides is 3. The van der Waals surface area contributed by atoms with Gasteiger partial charge in [-0.05, 0) is 25.0 Å². The van der Waals surface area contributed by atoms with Crippen molar-refractivity contribution in [1.82, 2.24) is 10.6 Å². The number of unbranched alkanes of at least 4 members (excludes halogenated alkanes) is 3. The molecule has 22 heavy (non-hydrogen) atoms. The molecule has 0 aromatic heterocycles. The van der Waals surface area contributed by atoms with E-state index in [1.54, 1.807) is 30.3 Å². The number of carbonyl (C=O) groups is 3. The standard InChI is InChI=1S/C16H22N2O4/c1-22-14(19)11-7-2-3-8-12-17-16(21)18-15(20)13-9-5-4-6-10-13/h4-6,9-10H,2-3,7-8,11-12H2,1H3,(H2,17,18,20,21). The van der Waals surface area contributed by atoms with Gasteiger partial charge in [-0.25, -0.2) is 4.79 Å². The first-order valence-electron chi connectivity index (χ1n) is 7.34. The summed E-state index contributed by atoms with van der Waals surface area (Å²) in [7, 11) is 1.38. The smallest absolute Gasteiger partial charge is 0.321 e. The lowest BCUT2D eigenvalue weighted by Crippen LogP contribution is -2.39. The van der Waals surface area contributed by atoms with Gasteiger partial charge in [0.25, 0.3) is 5.91 Å². The molecule has 2 N–H and O–H groups in total. The van der Waals surface area contributed by atoms with Gasteiger partial charge in [0.2, 0.25) is 0 Å². The molecule has 0 unspecified atom stereocenters.